The SMILES string of the molecule is COC(=O)CCc1ccc(NC(=O)C(=O)N2CCCC2c2ccccc2OC)cc1. The Bertz CT molecular complexity index is 910. The number of esters is 1. The first-order valence-electron chi connectivity index (χ1n) is 9.94. The molecule has 2 amide bonds. The van der Waals surface area contributed by atoms with Crippen LogP contribution >= 0.6 is 0 Å². The van der Waals surface area contributed by atoms with Crippen LogP contribution in [-0.2, 0) is 25.5 Å². The molecule has 2 aromatic carbocycles. The zero-order chi connectivity index (χ0) is 21.5. The average Bonchev–Trinajstić information content (AvgIpc) is 3.27. The number of nitrogens with zero attached hydrogens (tertiary/aromatic N) is 1. The standard InChI is InChI=1S/C23H26N2O5/c1-29-20-8-4-3-6-18(20)19-7-5-15-25(19)23(28)22(27)24-17-12-9-16(10-13-17)11-14-21(26)30-2/h3-4,6,8-10,12-13,19H,5,7,11,14-15H2,1-2H3,(H,24,27). The molecule has 0 aromatic heterocycles. The number of ether oxygens (including phenoxy) is 2. The summed E-state index contributed by atoms with van der Waals surface area (Å²) < 4.78 is 10.1. The van der Waals surface area contributed by atoms with Crippen LogP contribution in [0.1, 0.15) is 36.4 Å². The molecule has 1 aliphatic rings. The molecule has 1 N–H and O–H groups in total. The molecule has 0 aliphatic carbocycles. The number of para-hydroxylation sites is 1. The van der Waals surface area contributed by atoms with Gasteiger partial charge in [0.25, 0.3) is 0 Å². The van der Waals surface area contributed by atoms with Gasteiger partial charge in [-0.3, -0.25) is 14.4 Å². The van der Waals surface area contributed by atoms with E-state index in [2.05, 4.69) is 10.1 Å². The highest BCUT2D eigenvalue weighted by Gasteiger charge is 2.34. The summed E-state index contributed by atoms with van der Waals surface area (Å²) in [4.78, 5) is 38.3. The van der Waals surface area contributed by atoms with Crippen molar-refractivity contribution in [2.75, 3.05) is 26.1 Å². The first-order valence-corrected chi connectivity index (χ1v) is 9.94. The van der Waals surface area contributed by atoms with Crippen LogP contribution in [0.4, 0.5) is 5.69 Å². The third kappa shape index (κ3) is 4.97. The van der Waals surface area contributed by atoms with Crippen molar-refractivity contribution in [3.63, 3.8) is 0 Å². The number of nitrogens with one attached hydrogen (secondary N) is 1. The van der Waals surface area contributed by atoms with Crippen molar-refractivity contribution in [1.29, 1.82) is 0 Å². The number of hydrogen-bond acceptors (Lipinski definition) is 5. The maximum Gasteiger partial charge on any atom is 0.313 e. The van der Waals surface area contributed by atoms with Crippen LogP contribution in [0.2, 0.25) is 0 Å². The lowest BCUT2D eigenvalue weighted by molar-refractivity contribution is -0.143. The highest BCUT2D eigenvalue weighted by Crippen LogP contribution is 2.36. The van der Waals surface area contributed by atoms with E-state index in [-0.39, 0.29) is 12.0 Å². The van der Waals surface area contributed by atoms with E-state index in [4.69, 9.17) is 4.74 Å². The summed E-state index contributed by atoms with van der Waals surface area (Å²) in [6.07, 6.45) is 2.46. The number of amides is 2. The summed E-state index contributed by atoms with van der Waals surface area (Å²) in [6.45, 7) is 0.529. The van der Waals surface area contributed by atoms with Gasteiger partial charge in [0.05, 0.1) is 20.3 Å². The van der Waals surface area contributed by atoms with E-state index in [9.17, 15) is 14.4 Å². The monoisotopic (exact) mass is 410 g/mol. The molecule has 3 rings (SSSR count). The van der Waals surface area contributed by atoms with Crippen molar-refractivity contribution in [3.05, 3.63) is 59.7 Å². The quantitative estimate of drug-likeness (QED) is 0.584. The van der Waals surface area contributed by atoms with Gasteiger partial charge in [0, 0.05) is 24.2 Å². The zero-order valence-corrected chi connectivity index (χ0v) is 17.2. The van der Waals surface area contributed by atoms with Gasteiger partial charge in [0.1, 0.15) is 5.75 Å². The Morgan fingerprint density at radius 3 is 2.50 bits per heavy atom. The lowest BCUT2D eigenvalue weighted by atomic mass is 10.0. The minimum Gasteiger partial charge on any atom is -0.496 e. The second kappa shape index (κ2) is 9.91. The van der Waals surface area contributed by atoms with Gasteiger partial charge < -0.3 is 19.7 Å². The summed E-state index contributed by atoms with van der Waals surface area (Å²) in [6, 6.07) is 14.5. The number of rotatable bonds is 6. The highest BCUT2D eigenvalue weighted by molar-refractivity contribution is 6.39. The molecule has 1 aliphatic heterocycles. The van der Waals surface area contributed by atoms with Crippen LogP contribution in [0.5, 0.6) is 5.75 Å². The number of likely N-dealkylation sites (tertiary alicyclic amines) is 1. The van der Waals surface area contributed by atoms with E-state index in [0.29, 0.717) is 30.8 Å². The fourth-order valence-electron chi connectivity index (χ4n) is 3.69. The molecule has 1 unspecified atom stereocenters. The second-order valence-corrected chi connectivity index (χ2v) is 7.13. The van der Waals surface area contributed by atoms with Crippen molar-refractivity contribution >= 4 is 23.5 Å². The third-order valence-electron chi connectivity index (χ3n) is 5.26. The minimum atomic E-state index is -0.667. The number of aryl methyl sites for hydroxylation is 1. The number of methoxy groups -OCH3 is 2. The second-order valence-electron chi connectivity index (χ2n) is 7.13. The lowest BCUT2D eigenvalue weighted by Crippen LogP contribution is -2.39. The predicted octanol–water partition coefficient (Wildman–Crippen LogP) is 3.10. The van der Waals surface area contributed by atoms with Crippen LogP contribution in [0.15, 0.2) is 48.5 Å². The maximum absolute atomic E-state index is 12.8. The van der Waals surface area contributed by atoms with Gasteiger partial charge in [-0.15, -0.1) is 0 Å². The van der Waals surface area contributed by atoms with Crippen molar-refractivity contribution in [3.8, 4) is 5.75 Å². The Kier molecular flexibility index (Phi) is 7.06. The van der Waals surface area contributed by atoms with E-state index in [0.717, 1.165) is 24.0 Å². The summed E-state index contributed by atoms with van der Waals surface area (Å²) in [5, 5.41) is 2.67. The van der Waals surface area contributed by atoms with Gasteiger partial charge in [-0.1, -0.05) is 30.3 Å². The van der Waals surface area contributed by atoms with Gasteiger partial charge in [0.2, 0.25) is 0 Å². The van der Waals surface area contributed by atoms with Gasteiger partial charge in [-0.05, 0) is 43.0 Å². The van der Waals surface area contributed by atoms with E-state index < -0.39 is 11.8 Å². The Balaban J connectivity index is 1.64. The topological polar surface area (TPSA) is 84.9 Å². The Hall–Kier alpha value is -3.35. The molecule has 1 heterocycles. The normalized spacial score (nSPS) is 15.5. The first kappa shape index (κ1) is 21.4. The van der Waals surface area contributed by atoms with Crippen LogP contribution in [0, 0.1) is 0 Å². The van der Waals surface area contributed by atoms with Gasteiger partial charge in [-0.2, -0.15) is 0 Å². The molecule has 30 heavy (non-hydrogen) atoms. The molecule has 0 bridgehead atoms. The predicted molar refractivity (Wildman–Crippen MR) is 112 cm³/mol. The fourth-order valence-corrected chi connectivity index (χ4v) is 3.69. The van der Waals surface area contributed by atoms with Crippen LogP contribution < -0.4 is 10.1 Å². The Labute approximate surface area is 176 Å². The van der Waals surface area contributed by atoms with Crippen LogP contribution in [-0.4, -0.2) is 43.4 Å². The number of benzene rings is 2. The smallest absolute Gasteiger partial charge is 0.313 e. The van der Waals surface area contributed by atoms with E-state index >= 15 is 0 Å². The van der Waals surface area contributed by atoms with Crippen molar-refractivity contribution in [2.24, 2.45) is 0 Å². The largest absolute Gasteiger partial charge is 0.496 e. The van der Waals surface area contributed by atoms with E-state index in [1.807, 2.05) is 36.4 Å². The van der Waals surface area contributed by atoms with E-state index in [1.165, 1.54) is 7.11 Å². The zero-order valence-electron chi connectivity index (χ0n) is 17.2. The van der Waals surface area contributed by atoms with Gasteiger partial charge >= 0.3 is 17.8 Å². The number of carbonyl (C=O) groups excluding carboxylic acids is 3. The molecule has 0 spiro atoms. The highest BCUT2D eigenvalue weighted by atomic mass is 16.5. The van der Waals surface area contributed by atoms with Gasteiger partial charge in [0.15, 0.2) is 0 Å². The van der Waals surface area contributed by atoms with Crippen LogP contribution in [0.25, 0.3) is 0 Å². The average molecular weight is 410 g/mol. The molecule has 1 fully saturated rings. The summed E-state index contributed by atoms with van der Waals surface area (Å²) >= 11 is 0. The minimum absolute atomic E-state index is 0.180. The van der Waals surface area contributed by atoms with Crippen molar-refractivity contribution in [2.45, 2.75) is 31.7 Å². The number of anilines is 1. The Morgan fingerprint density at radius 2 is 1.80 bits per heavy atom. The molecule has 1 saturated heterocycles. The fraction of sp³-hybridized carbons (Fsp3) is 0.348. The van der Waals surface area contributed by atoms with Gasteiger partial charge in [-0.25, -0.2) is 0 Å². The summed E-state index contributed by atoms with van der Waals surface area (Å²) in [5.41, 5.74) is 2.39. The summed E-state index contributed by atoms with van der Waals surface area (Å²) in [5.74, 6) is -0.782. The summed E-state index contributed by atoms with van der Waals surface area (Å²) in [7, 11) is 2.96. The first-order chi connectivity index (χ1) is 14.5. The number of carbonyl (C=O) groups is 3. The van der Waals surface area contributed by atoms with Crippen LogP contribution in [0.3, 0.4) is 0 Å². The molecule has 7 heteroatoms. The van der Waals surface area contributed by atoms with Crippen molar-refractivity contribution < 1.29 is 23.9 Å². The molecule has 0 radical (unpaired) electrons. The molecule has 2 aromatic rings. The molecule has 1 atom stereocenters. The van der Waals surface area contributed by atoms with E-state index in [1.54, 1.807) is 24.1 Å². The molecular weight excluding hydrogens is 384 g/mol. The third-order valence-corrected chi connectivity index (χ3v) is 5.26. The molecular formula is C23H26N2O5. The number of hydrogen-bond donors (Lipinski definition) is 1. The lowest BCUT2D eigenvalue weighted by Gasteiger charge is -2.25. The molecule has 7 nitrogen and oxygen atoms in total. The maximum atomic E-state index is 12.8. The van der Waals surface area contributed by atoms with Crippen molar-refractivity contribution in [1.82, 2.24) is 4.90 Å². The molecule has 0 saturated carbocycles. The Morgan fingerprint density at radius 1 is 1.07 bits per heavy atom. The molecule has 158 valence electrons.